The first kappa shape index (κ1) is 12.8. The van der Waals surface area contributed by atoms with E-state index in [0.717, 1.165) is 12.2 Å². The van der Waals surface area contributed by atoms with Crippen LogP contribution in [0.1, 0.15) is 19.3 Å². The van der Waals surface area contributed by atoms with Crippen molar-refractivity contribution in [2.75, 3.05) is 25.5 Å². The normalized spacial score (nSPS) is 21.5. The van der Waals surface area contributed by atoms with Gasteiger partial charge < -0.3 is 10.2 Å². The van der Waals surface area contributed by atoms with Crippen LogP contribution >= 0.6 is 15.9 Å². The second kappa shape index (κ2) is 5.83. The molecule has 0 aliphatic carbocycles. The Labute approximate surface area is 110 Å². The molecule has 1 aromatic carbocycles. The van der Waals surface area contributed by atoms with E-state index in [9.17, 15) is 4.39 Å². The summed E-state index contributed by atoms with van der Waals surface area (Å²) in [6.07, 6.45) is 3.81. The topological polar surface area (TPSA) is 15.3 Å². The molecule has 0 amide bonds. The van der Waals surface area contributed by atoms with Crippen molar-refractivity contribution in [2.45, 2.75) is 25.3 Å². The van der Waals surface area contributed by atoms with Gasteiger partial charge in [0, 0.05) is 18.3 Å². The lowest BCUT2D eigenvalue weighted by molar-refractivity contribution is 0.194. The summed E-state index contributed by atoms with van der Waals surface area (Å²) in [5, 5.41) is 3.31. The van der Waals surface area contributed by atoms with E-state index in [0.29, 0.717) is 10.5 Å². The van der Waals surface area contributed by atoms with Gasteiger partial charge in [-0.3, -0.25) is 0 Å². The minimum absolute atomic E-state index is 0.216. The molecule has 4 heteroatoms. The molecule has 2 nitrogen and oxygen atoms in total. The molecule has 94 valence electrons. The molecule has 1 heterocycles. The smallest absolute Gasteiger partial charge is 0.139 e. The summed E-state index contributed by atoms with van der Waals surface area (Å²) in [7, 11) is 2.16. The van der Waals surface area contributed by atoms with Gasteiger partial charge in [-0.05, 0) is 60.6 Å². The van der Waals surface area contributed by atoms with Crippen LogP contribution in [0.2, 0.25) is 0 Å². The van der Waals surface area contributed by atoms with E-state index in [1.165, 1.54) is 31.9 Å². The number of anilines is 1. The van der Waals surface area contributed by atoms with Gasteiger partial charge in [-0.2, -0.15) is 0 Å². The van der Waals surface area contributed by atoms with Crippen molar-refractivity contribution in [3.05, 3.63) is 28.5 Å². The van der Waals surface area contributed by atoms with Crippen LogP contribution in [-0.2, 0) is 0 Å². The number of nitrogens with zero attached hydrogens (tertiary/aromatic N) is 1. The van der Waals surface area contributed by atoms with Gasteiger partial charge in [-0.15, -0.1) is 0 Å². The first-order chi connectivity index (χ1) is 8.16. The van der Waals surface area contributed by atoms with Gasteiger partial charge in [0.2, 0.25) is 0 Å². The van der Waals surface area contributed by atoms with Gasteiger partial charge in [0.15, 0.2) is 0 Å². The van der Waals surface area contributed by atoms with Crippen molar-refractivity contribution < 1.29 is 4.39 Å². The third kappa shape index (κ3) is 3.42. The monoisotopic (exact) mass is 300 g/mol. The molecule has 1 aromatic rings. The highest BCUT2D eigenvalue weighted by atomic mass is 79.9. The van der Waals surface area contributed by atoms with Crippen LogP contribution in [0, 0.1) is 5.82 Å². The summed E-state index contributed by atoms with van der Waals surface area (Å²) in [5.74, 6) is -0.216. The van der Waals surface area contributed by atoms with Crippen LogP contribution in [-0.4, -0.2) is 31.1 Å². The molecule has 0 aromatic heterocycles. The van der Waals surface area contributed by atoms with E-state index in [1.807, 2.05) is 6.07 Å². The van der Waals surface area contributed by atoms with Crippen molar-refractivity contribution in [3.63, 3.8) is 0 Å². The van der Waals surface area contributed by atoms with Crippen LogP contribution in [0.3, 0.4) is 0 Å². The Balaban J connectivity index is 1.90. The van der Waals surface area contributed by atoms with Gasteiger partial charge in [0.25, 0.3) is 0 Å². The molecule has 1 aliphatic rings. The predicted molar refractivity (Wildman–Crippen MR) is 72.9 cm³/mol. The van der Waals surface area contributed by atoms with Crippen LogP contribution in [0.5, 0.6) is 0 Å². The van der Waals surface area contributed by atoms with Crippen molar-refractivity contribution in [2.24, 2.45) is 0 Å². The SMILES string of the molecule is CN1CCCCC1CNc1ccc(Br)c(F)c1. The first-order valence-electron chi connectivity index (χ1n) is 6.06. The fourth-order valence-electron chi connectivity index (χ4n) is 2.24. The predicted octanol–water partition coefficient (Wildman–Crippen LogP) is 3.48. The standard InChI is InChI=1S/C13H18BrFN2/c1-17-7-3-2-4-11(17)9-16-10-5-6-12(14)13(15)8-10/h5-6,8,11,16H,2-4,7,9H2,1H3. The summed E-state index contributed by atoms with van der Waals surface area (Å²) in [4.78, 5) is 2.38. The molecule has 17 heavy (non-hydrogen) atoms. The molecule has 0 bridgehead atoms. The highest BCUT2D eigenvalue weighted by molar-refractivity contribution is 9.10. The van der Waals surface area contributed by atoms with Crippen LogP contribution in [0.25, 0.3) is 0 Å². The van der Waals surface area contributed by atoms with E-state index in [2.05, 4.69) is 33.2 Å². The Bertz CT molecular complexity index is 384. The number of likely N-dealkylation sites (tertiary alicyclic amines) is 1. The molecule has 0 saturated carbocycles. The van der Waals surface area contributed by atoms with E-state index in [4.69, 9.17) is 0 Å². The summed E-state index contributed by atoms with van der Waals surface area (Å²) < 4.78 is 13.8. The number of hydrogen-bond acceptors (Lipinski definition) is 2. The fourth-order valence-corrected chi connectivity index (χ4v) is 2.49. The second-order valence-corrected chi connectivity index (χ2v) is 5.49. The van der Waals surface area contributed by atoms with Crippen LogP contribution in [0.15, 0.2) is 22.7 Å². The molecule has 1 aliphatic heterocycles. The lowest BCUT2D eigenvalue weighted by atomic mass is 10.0. The number of rotatable bonds is 3. The van der Waals surface area contributed by atoms with Gasteiger partial charge in [-0.1, -0.05) is 6.42 Å². The van der Waals surface area contributed by atoms with Crippen LogP contribution < -0.4 is 5.32 Å². The molecule has 1 atom stereocenters. The maximum atomic E-state index is 13.3. The Morgan fingerprint density at radius 2 is 2.29 bits per heavy atom. The minimum atomic E-state index is -0.216. The summed E-state index contributed by atoms with van der Waals surface area (Å²) >= 11 is 3.16. The lowest BCUT2D eigenvalue weighted by Crippen LogP contribution is -2.40. The molecule has 1 unspecified atom stereocenters. The zero-order chi connectivity index (χ0) is 12.3. The number of hydrogen-bond donors (Lipinski definition) is 1. The molecule has 2 rings (SSSR count). The number of piperidine rings is 1. The highest BCUT2D eigenvalue weighted by Crippen LogP contribution is 2.20. The minimum Gasteiger partial charge on any atom is -0.383 e. The zero-order valence-corrected chi connectivity index (χ0v) is 11.6. The molecule has 1 fully saturated rings. The maximum absolute atomic E-state index is 13.3. The molecule has 1 N–H and O–H groups in total. The average molecular weight is 301 g/mol. The molecular formula is C13H18BrFN2. The molecule has 1 saturated heterocycles. The fraction of sp³-hybridized carbons (Fsp3) is 0.538. The largest absolute Gasteiger partial charge is 0.383 e. The molecule has 0 spiro atoms. The van der Waals surface area contributed by atoms with Crippen LogP contribution in [0.4, 0.5) is 10.1 Å². The van der Waals surface area contributed by atoms with Gasteiger partial charge in [0.05, 0.1) is 4.47 Å². The van der Waals surface area contributed by atoms with Crippen molar-refractivity contribution in [1.82, 2.24) is 4.90 Å². The number of halogens is 2. The first-order valence-corrected chi connectivity index (χ1v) is 6.85. The Hall–Kier alpha value is -0.610. The van der Waals surface area contributed by atoms with Crippen molar-refractivity contribution in [3.8, 4) is 0 Å². The maximum Gasteiger partial charge on any atom is 0.139 e. The zero-order valence-electron chi connectivity index (χ0n) is 10.0. The second-order valence-electron chi connectivity index (χ2n) is 4.64. The highest BCUT2D eigenvalue weighted by Gasteiger charge is 2.18. The van der Waals surface area contributed by atoms with Gasteiger partial charge >= 0.3 is 0 Å². The van der Waals surface area contributed by atoms with E-state index < -0.39 is 0 Å². The number of nitrogens with one attached hydrogen (secondary N) is 1. The third-order valence-corrected chi connectivity index (χ3v) is 4.03. The van der Waals surface area contributed by atoms with Gasteiger partial charge in [-0.25, -0.2) is 4.39 Å². The Morgan fingerprint density at radius 3 is 3.00 bits per heavy atom. The lowest BCUT2D eigenvalue weighted by Gasteiger charge is -2.32. The van der Waals surface area contributed by atoms with Crippen molar-refractivity contribution in [1.29, 1.82) is 0 Å². The molecule has 0 radical (unpaired) electrons. The average Bonchev–Trinajstić information content (AvgIpc) is 2.32. The van der Waals surface area contributed by atoms with Crippen molar-refractivity contribution >= 4 is 21.6 Å². The summed E-state index contributed by atoms with van der Waals surface area (Å²) in [6.45, 7) is 2.05. The Kier molecular flexibility index (Phi) is 4.40. The Morgan fingerprint density at radius 1 is 1.47 bits per heavy atom. The van der Waals surface area contributed by atoms with E-state index >= 15 is 0 Å². The van der Waals surface area contributed by atoms with E-state index in [-0.39, 0.29) is 5.82 Å². The van der Waals surface area contributed by atoms with E-state index in [1.54, 1.807) is 6.07 Å². The number of benzene rings is 1. The summed E-state index contributed by atoms with van der Waals surface area (Å²) in [6, 6.07) is 5.74. The third-order valence-electron chi connectivity index (χ3n) is 3.38. The van der Waals surface area contributed by atoms with Gasteiger partial charge in [0.1, 0.15) is 5.82 Å². The summed E-state index contributed by atoms with van der Waals surface area (Å²) in [5.41, 5.74) is 0.852. The molecular weight excluding hydrogens is 283 g/mol. The number of likely N-dealkylation sites (N-methyl/N-ethyl adjacent to an activating group) is 1. The quantitative estimate of drug-likeness (QED) is 0.919.